The Bertz CT molecular complexity index is 1220. The van der Waals surface area contributed by atoms with E-state index in [1.165, 1.54) is 4.68 Å². The molecule has 0 radical (unpaired) electrons. The minimum absolute atomic E-state index is 0.115. The molecule has 2 aromatic heterocycles. The molecule has 4 aromatic rings. The van der Waals surface area contributed by atoms with E-state index in [0.29, 0.717) is 28.0 Å². The van der Waals surface area contributed by atoms with Crippen molar-refractivity contribution in [1.82, 2.24) is 19.6 Å². The molecule has 1 N–H and O–H groups in total. The van der Waals surface area contributed by atoms with Gasteiger partial charge in [-0.3, -0.25) is 9.48 Å². The second kappa shape index (κ2) is 9.55. The molecule has 2 aromatic carbocycles. The number of hydrogen-bond acceptors (Lipinski definition) is 4. The van der Waals surface area contributed by atoms with Gasteiger partial charge in [-0.05, 0) is 35.9 Å². The lowest BCUT2D eigenvalue weighted by molar-refractivity contribution is 0.102. The quantitative estimate of drug-likeness (QED) is 0.350. The minimum Gasteiger partial charge on any atom is -0.470 e. The molecule has 0 atom stereocenters. The maximum Gasteiger partial charge on any atom is 0.276 e. The molecule has 1 amide bonds. The Morgan fingerprint density at radius 1 is 1.10 bits per heavy atom. The molecule has 0 bridgehead atoms. The Labute approximate surface area is 196 Å². The summed E-state index contributed by atoms with van der Waals surface area (Å²) in [5, 5.41) is 12.4. The predicted molar refractivity (Wildman–Crippen MR) is 123 cm³/mol. The average molecular weight is 521 g/mol. The molecule has 0 saturated carbocycles. The van der Waals surface area contributed by atoms with Crippen molar-refractivity contribution in [3.05, 3.63) is 92.9 Å². The summed E-state index contributed by atoms with van der Waals surface area (Å²) in [6.45, 7) is 0.616. The molecule has 0 spiro atoms. The van der Waals surface area contributed by atoms with Crippen molar-refractivity contribution in [2.45, 2.75) is 13.3 Å². The van der Waals surface area contributed by atoms with E-state index in [-0.39, 0.29) is 18.3 Å². The van der Waals surface area contributed by atoms with Gasteiger partial charge in [0.2, 0.25) is 0 Å². The van der Waals surface area contributed by atoms with Crippen LogP contribution in [-0.4, -0.2) is 25.5 Å². The number of rotatable bonds is 7. The molecular weight excluding hydrogens is 505 g/mol. The van der Waals surface area contributed by atoms with Crippen LogP contribution in [0.4, 0.5) is 5.69 Å². The van der Waals surface area contributed by atoms with Crippen LogP contribution in [0.15, 0.2) is 71.6 Å². The minimum atomic E-state index is -0.349. The Morgan fingerprint density at radius 2 is 1.94 bits per heavy atom. The van der Waals surface area contributed by atoms with E-state index >= 15 is 0 Å². The first-order valence-electron chi connectivity index (χ1n) is 9.16. The maximum atomic E-state index is 12.5. The van der Waals surface area contributed by atoms with Crippen molar-refractivity contribution in [2.75, 3.05) is 5.32 Å². The number of amides is 1. The Kier molecular flexibility index (Phi) is 6.60. The van der Waals surface area contributed by atoms with E-state index in [4.69, 9.17) is 27.9 Å². The van der Waals surface area contributed by atoms with Crippen LogP contribution in [0.25, 0.3) is 0 Å². The molecule has 7 nitrogen and oxygen atoms in total. The van der Waals surface area contributed by atoms with Gasteiger partial charge in [-0.1, -0.05) is 57.3 Å². The fraction of sp³-hybridized carbons (Fsp3) is 0.0952. The highest BCUT2D eigenvalue weighted by Crippen LogP contribution is 2.27. The highest BCUT2D eigenvalue weighted by atomic mass is 79.9. The predicted octanol–water partition coefficient (Wildman–Crippen LogP) is 5.49. The Hall–Kier alpha value is -2.81. The number of carbonyl (C=O) groups excluding carboxylic acids is 1. The molecule has 4 rings (SSSR count). The molecule has 31 heavy (non-hydrogen) atoms. The third-order valence-corrected chi connectivity index (χ3v) is 5.46. The van der Waals surface area contributed by atoms with Gasteiger partial charge in [-0.25, -0.2) is 4.68 Å². The number of hydrogen-bond donors (Lipinski definition) is 1. The summed E-state index contributed by atoms with van der Waals surface area (Å²) in [4.78, 5) is 12.5. The maximum absolute atomic E-state index is 12.5. The zero-order valence-corrected chi connectivity index (χ0v) is 19.1. The van der Waals surface area contributed by atoms with Crippen LogP contribution in [0.5, 0.6) is 5.75 Å². The van der Waals surface area contributed by atoms with E-state index in [1.807, 2.05) is 30.3 Å². The van der Waals surface area contributed by atoms with Crippen LogP contribution >= 0.6 is 39.1 Å². The largest absolute Gasteiger partial charge is 0.470 e. The standard InChI is InChI=1S/C21H16BrCl2N5O2/c22-15-5-6-20(18(24)9-15)31-13-28-8-7-19(27-28)21(30)26-16-10-25-29(12-16)11-14-3-1-2-4-17(14)23/h1-10,12H,11,13H2,(H,26,30). The molecule has 0 saturated heterocycles. The number of halogens is 3. The van der Waals surface area contributed by atoms with E-state index in [1.54, 1.807) is 41.5 Å². The van der Waals surface area contributed by atoms with Crippen LogP contribution in [-0.2, 0) is 13.3 Å². The van der Waals surface area contributed by atoms with Crippen molar-refractivity contribution in [2.24, 2.45) is 0 Å². The van der Waals surface area contributed by atoms with Gasteiger partial charge in [-0.15, -0.1) is 0 Å². The number of nitrogens with zero attached hydrogens (tertiary/aromatic N) is 4. The van der Waals surface area contributed by atoms with Gasteiger partial charge in [0, 0.05) is 21.9 Å². The fourth-order valence-electron chi connectivity index (χ4n) is 2.79. The van der Waals surface area contributed by atoms with Gasteiger partial charge in [0.1, 0.15) is 5.75 Å². The summed E-state index contributed by atoms with van der Waals surface area (Å²) in [5.41, 5.74) is 1.75. The summed E-state index contributed by atoms with van der Waals surface area (Å²) < 4.78 is 9.72. The molecule has 0 unspecified atom stereocenters. The highest BCUT2D eigenvalue weighted by Gasteiger charge is 2.12. The van der Waals surface area contributed by atoms with Crippen molar-refractivity contribution in [3.63, 3.8) is 0 Å². The van der Waals surface area contributed by atoms with E-state index in [9.17, 15) is 4.79 Å². The number of carbonyl (C=O) groups is 1. The normalized spacial score (nSPS) is 10.8. The Balaban J connectivity index is 1.35. The average Bonchev–Trinajstić information content (AvgIpc) is 3.39. The molecule has 0 fully saturated rings. The lowest BCUT2D eigenvalue weighted by Gasteiger charge is -2.08. The number of aromatic nitrogens is 4. The zero-order valence-electron chi connectivity index (χ0n) is 16.0. The van der Waals surface area contributed by atoms with Gasteiger partial charge >= 0.3 is 0 Å². The highest BCUT2D eigenvalue weighted by molar-refractivity contribution is 9.10. The fourth-order valence-corrected chi connectivity index (χ4v) is 3.72. The molecule has 0 aliphatic heterocycles. The Morgan fingerprint density at radius 3 is 2.74 bits per heavy atom. The lowest BCUT2D eigenvalue weighted by atomic mass is 10.2. The van der Waals surface area contributed by atoms with Gasteiger partial charge in [-0.2, -0.15) is 10.2 Å². The third-order valence-electron chi connectivity index (χ3n) is 4.30. The summed E-state index contributed by atoms with van der Waals surface area (Å²) in [6.07, 6.45) is 4.96. The van der Waals surface area contributed by atoms with Crippen LogP contribution in [0.3, 0.4) is 0 Å². The second-order valence-electron chi connectivity index (χ2n) is 6.56. The van der Waals surface area contributed by atoms with Crippen LogP contribution in [0.2, 0.25) is 10.0 Å². The monoisotopic (exact) mass is 519 g/mol. The third kappa shape index (κ3) is 5.46. The van der Waals surface area contributed by atoms with Crippen molar-refractivity contribution < 1.29 is 9.53 Å². The number of benzene rings is 2. The van der Waals surface area contributed by atoms with Gasteiger partial charge < -0.3 is 10.1 Å². The van der Waals surface area contributed by atoms with Crippen molar-refractivity contribution in [1.29, 1.82) is 0 Å². The van der Waals surface area contributed by atoms with Gasteiger partial charge in [0.25, 0.3) is 5.91 Å². The van der Waals surface area contributed by atoms with Crippen molar-refractivity contribution >= 4 is 50.7 Å². The number of nitrogens with one attached hydrogen (secondary N) is 1. The molecular formula is C21H16BrCl2N5O2. The molecule has 0 aliphatic rings. The smallest absolute Gasteiger partial charge is 0.276 e. The van der Waals surface area contributed by atoms with E-state index in [0.717, 1.165) is 10.0 Å². The second-order valence-corrected chi connectivity index (χ2v) is 8.29. The van der Waals surface area contributed by atoms with E-state index in [2.05, 4.69) is 31.4 Å². The first-order valence-corrected chi connectivity index (χ1v) is 10.7. The molecule has 2 heterocycles. The lowest BCUT2D eigenvalue weighted by Crippen LogP contribution is -2.14. The molecule has 10 heteroatoms. The van der Waals surface area contributed by atoms with Crippen LogP contribution in [0, 0.1) is 0 Å². The van der Waals surface area contributed by atoms with Crippen LogP contribution < -0.4 is 10.1 Å². The first kappa shape index (κ1) is 21.4. The molecule has 158 valence electrons. The summed E-state index contributed by atoms with van der Waals surface area (Å²) in [7, 11) is 0. The summed E-state index contributed by atoms with van der Waals surface area (Å²) >= 11 is 15.7. The van der Waals surface area contributed by atoms with E-state index < -0.39 is 0 Å². The van der Waals surface area contributed by atoms with Gasteiger partial charge in [0.05, 0.1) is 23.5 Å². The van der Waals surface area contributed by atoms with Crippen LogP contribution in [0.1, 0.15) is 16.1 Å². The van der Waals surface area contributed by atoms with Gasteiger partial charge in [0.15, 0.2) is 12.4 Å². The summed E-state index contributed by atoms with van der Waals surface area (Å²) in [6, 6.07) is 14.5. The van der Waals surface area contributed by atoms with Crippen molar-refractivity contribution in [3.8, 4) is 5.75 Å². The number of anilines is 1. The molecule has 0 aliphatic carbocycles. The summed E-state index contributed by atoms with van der Waals surface area (Å²) in [5.74, 6) is 0.176. The topological polar surface area (TPSA) is 74.0 Å². The zero-order chi connectivity index (χ0) is 21.8. The SMILES string of the molecule is O=C(Nc1cnn(Cc2ccccc2Cl)c1)c1ccn(COc2ccc(Br)cc2Cl)n1. The number of ether oxygens (including phenoxy) is 1. The first-order chi connectivity index (χ1) is 15.0.